The number of rotatable bonds is 9. The van der Waals surface area contributed by atoms with Gasteiger partial charge in [0.15, 0.2) is 5.75 Å². The number of carbonyl (C=O) groups excluding carboxylic acids is 1. The number of amides is 1. The number of fused-ring (bicyclic) bond motifs is 3. The van der Waals surface area contributed by atoms with E-state index in [9.17, 15) is 4.79 Å². The molecule has 0 N–H and O–H groups in total. The average molecular weight is 653 g/mol. The number of benzene rings is 2. The van der Waals surface area contributed by atoms with Gasteiger partial charge in [0.05, 0.1) is 22.3 Å². The maximum atomic E-state index is 13.0. The highest BCUT2D eigenvalue weighted by Gasteiger charge is 2.47. The van der Waals surface area contributed by atoms with Crippen LogP contribution in [0.5, 0.6) is 11.6 Å². The number of hydrogen-bond donors (Lipinski definition) is 0. The van der Waals surface area contributed by atoms with E-state index in [4.69, 9.17) is 23.9 Å². The zero-order valence-corrected chi connectivity index (χ0v) is 27.5. The number of methoxy groups -OCH3 is 1. The molecule has 0 spiro atoms. The summed E-state index contributed by atoms with van der Waals surface area (Å²) in [5.74, 6) is 1.76. The molecule has 3 aliphatic rings. The second-order valence-electron chi connectivity index (χ2n) is 13.1. The molecule has 1 aromatic heterocycles. The number of likely N-dealkylation sites (tertiary alicyclic amines) is 1. The summed E-state index contributed by atoms with van der Waals surface area (Å²) < 4.78 is 25.1. The number of anilines is 1. The third kappa shape index (κ3) is 6.29. The maximum Gasteiger partial charge on any atom is 0.410 e. The monoisotopic (exact) mass is 651 g/mol. The van der Waals surface area contributed by atoms with Gasteiger partial charge in [-0.05, 0) is 92.9 Å². The van der Waals surface area contributed by atoms with E-state index >= 15 is 0 Å². The minimum Gasteiger partial charge on any atom is -0.483 e. The normalized spacial score (nSPS) is 21.3. The lowest BCUT2D eigenvalue weighted by Gasteiger charge is -2.37. The first-order valence-corrected chi connectivity index (χ1v) is 16.1. The van der Waals surface area contributed by atoms with Crippen molar-refractivity contribution in [2.24, 2.45) is 0 Å². The molecule has 3 aromatic rings. The zero-order valence-electron chi connectivity index (χ0n) is 25.9. The number of halogens is 1. The molecule has 2 aliphatic heterocycles. The molecule has 8 nitrogen and oxygen atoms in total. The minimum atomic E-state index is -0.522. The summed E-state index contributed by atoms with van der Waals surface area (Å²) in [6, 6.07) is 14.9. The molecule has 0 unspecified atom stereocenters. The van der Waals surface area contributed by atoms with Gasteiger partial charge in [-0.25, -0.2) is 9.78 Å². The van der Waals surface area contributed by atoms with E-state index in [-0.39, 0.29) is 30.4 Å². The van der Waals surface area contributed by atoms with Crippen molar-refractivity contribution in [3.63, 3.8) is 0 Å². The Morgan fingerprint density at radius 1 is 1.09 bits per heavy atom. The number of nitrogens with zero attached hydrogens (tertiary/aromatic N) is 3. The molecule has 2 aromatic carbocycles. The second kappa shape index (κ2) is 11.8. The van der Waals surface area contributed by atoms with Crippen LogP contribution >= 0.6 is 15.9 Å². The van der Waals surface area contributed by atoms with Gasteiger partial charge in [0.25, 0.3) is 0 Å². The standard InChI is InChI=1S/C34H42BrN3O5/c1-20(40-6)19-41-29-16-28(37-17-25-14-24(37)18-38(25)33(39)43-34(3,4)5)27-15-26(23-12-13-23)30(35)32(31(27)36-29)42-21(2)22-10-8-7-9-11-22/h7-11,15-16,20-21,23-25H,12-14,17-19H2,1-6H3/t20-,21+,24-,25-/m0/s1. The van der Waals surface area contributed by atoms with Gasteiger partial charge in [0.2, 0.25) is 5.88 Å². The molecule has 4 atom stereocenters. The SMILES string of the molecule is CO[C@@H](C)COc1cc(N2C[C@@H]3C[C@H]2CN3C(=O)OC(C)(C)C)c2cc(C3CC3)c(Br)c(O[C@H](C)c3ccccc3)c2n1. The van der Waals surface area contributed by atoms with Crippen LogP contribution in [0.2, 0.25) is 0 Å². The fourth-order valence-corrected chi connectivity index (χ4v) is 6.86. The lowest BCUT2D eigenvalue weighted by molar-refractivity contribution is 0.0215. The summed E-state index contributed by atoms with van der Waals surface area (Å²) in [7, 11) is 1.68. The Morgan fingerprint density at radius 2 is 1.84 bits per heavy atom. The Kier molecular flexibility index (Phi) is 8.24. The number of pyridine rings is 1. The van der Waals surface area contributed by atoms with Crippen LogP contribution < -0.4 is 14.4 Å². The molecule has 230 valence electrons. The number of hydrogen-bond acceptors (Lipinski definition) is 7. The fraction of sp³-hybridized carbons (Fsp3) is 0.529. The van der Waals surface area contributed by atoms with Gasteiger partial charge in [0.1, 0.15) is 23.8 Å². The van der Waals surface area contributed by atoms with E-state index in [1.807, 2.05) is 50.8 Å². The fourth-order valence-electron chi connectivity index (χ4n) is 6.14. The van der Waals surface area contributed by atoms with Crippen molar-refractivity contribution in [2.75, 3.05) is 31.7 Å². The van der Waals surface area contributed by atoms with E-state index < -0.39 is 5.60 Å². The van der Waals surface area contributed by atoms with E-state index in [0.717, 1.165) is 58.2 Å². The summed E-state index contributed by atoms with van der Waals surface area (Å²) >= 11 is 3.93. The van der Waals surface area contributed by atoms with Crippen LogP contribution in [0.1, 0.15) is 77.0 Å². The van der Waals surface area contributed by atoms with Crippen molar-refractivity contribution in [3.05, 3.63) is 58.1 Å². The Bertz CT molecular complexity index is 1490. The summed E-state index contributed by atoms with van der Waals surface area (Å²) in [6.07, 6.45) is 2.74. The van der Waals surface area contributed by atoms with Crippen LogP contribution in [-0.2, 0) is 9.47 Å². The van der Waals surface area contributed by atoms with Crippen LogP contribution in [0.3, 0.4) is 0 Å². The topological polar surface area (TPSA) is 73.4 Å². The smallest absolute Gasteiger partial charge is 0.410 e. The summed E-state index contributed by atoms with van der Waals surface area (Å²) in [5, 5.41) is 1.05. The predicted molar refractivity (Wildman–Crippen MR) is 171 cm³/mol. The Morgan fingerprint density at radius 3 is 2.47 bits per heavy atom. The molecule has 1 saturated carbocycles. The van der Waals surface area contributed by atoms with Crippen molar-refractivity contribution in [1.29, 1.82) is 0 Å². The van der Waals surface area contributed by atoms with Gasteiger partial charge in [-0.1, -0.05) is 30.3 Å². The van der Waals surface area contributed by atoms with Gasteiger partial charge < -0.3 is 28.7 Å². The molecule has 2 saturated heterocycles. The second-order valence-corrected chi connectivity index (χ2v) is 13.9. The molecule has 9 heteroatoms. The first-order valence-electron chi connectivity index (χ1n) is 15.3. The average Bonchev–Trinajstić information content (AvgIpc) is 3.62. The molecule has 1 amide bonds. The van der Waals surface area contributed by atoms with Crippen LogP contribution in [0.4, 0.5) is 10.5 Å². The molecular formula is C34H42BrN3O5. The highest BCUT2D eigenvalue weighted by Crippen LogP contribution is 2.51. The summed E-state index contributed by atoms with van der Waals surface area (Å²) in [5.41, 5.74) is 3.66. The van der Waals surface area contributed by atoms with Gasteiger partial charge in [-0.3, -0.25) is 0 Å². The van der Waals surface area contributed by atoms with E-state index in [2.05, 4.69) is 52.0 Å². The number of piperazine rings is 1. The van der Waals surface area contributed by atoms with Crippen molar-refractivity contribution >= 4 is 38.6 Å². The Labute approximate surface area is 262 Å². The molecule has 3 fully saturated rings. The lowest BCUT2D eigenvalue weighted by atomic mass is 10.0. The van der Waals surface area contributed by atoms with E-state index in [1.54, 1.807) is 7.11 Å². The van der Waals surface area contributed by atoms with Gasteiger partial charge >= 0.3 is 6.09 Å². The van der Waals surface area contributed by atoms with Crippen molar-refractivity contribution in [2.45, 2.75) is 89.7 Å². The third-order valence-electron chi connectivity index (χ3n) is 8.61. The number of carbonyl (C=O) groups is 1. The predicted octanol–water partition coefficient (Wildman–Crippen LogP) is 7.63. The highest BCUT2D eigenvalue weighted by molar-refractivity contribution is 9.10. The summed E-state index contributed by atoms with van der Waals surface area (Å²) in [6.45, 7) is 11.5. The van der Waals surface area contributed by atoms with Crippen LogP contribution in [-0.4, -0.2) is 66.6 Å². The quantitative estimate of drug-likeness (QED) is 0.236. The zero-order chi connectivity index (χ0) is 30.5. The Hall–Kier alpha value is -3.04. The molecular weight excluding hydrogens is 610 g/mol. The van der Waals surface area contributed by atoms with Crippen LogP contribution in [0.25, 0.3) is 10.9 Å². The maximum absolute atomic E-state index is 13.0. The molecule has 0 radical (unpaired) electrons. The third-order valence-corrected chi connectivity index (χ3v) is 9.43. The molecule has 6 rings (SSSR count). The van der Waals surface area contributed by atoms with Crippen LogP contribution in [0, 0.1) is 0 Å². The van der Waals surface area contributed by atoms with E-state index in [0.29, 0.717) is 24.9 Å². The lowest BCUT2D eigenvalue weighted by Crippen LogP contribution is -2.50. The largest absolute Gasteiger partial charge is 0.483 e. The van der Waals surface area contributed by atoms with Gasteiger partial charge in [0, 0.05) is 37.7 Å². The van der Waals surface area contributed by atoms with Gasteiger partial charge in [-0.15, -0.1) is 0 Å². The number of aromatic nitrogens is 1. The number of ether oxygens (including phenoxy) is 4. The molecule has 2 bridgehead atoms. The van der Waals surface area contributed by atoms with Crippen molar-refractivity contribution in [1.82, 2.24) is 9.88 Å². The minimum absolute atomic E-state index is 0.0797. The van der Waals surface area contributed by atoms with Gasteiger partial charge in [-0.2, -0.15) is 0 Å². The van der Waals surface area contributed by atoms with Crippen molar-refractivity contribution < 1.29 is 23.7 Å². The Balaban J connectivity index is 1.41. The van der Waals surface area contributed by atoms with Crippen molar-refractivity contribution in [3.8, 4) is 11.6 Å². The summed E-state index contributed by atoms with van der Waals surface area (Å²) in [4.78, 5) is 22.4. The molecule has 1 aliphatic carbocycles. The first-order chi connectivity index (χ1) is 20.5. The first kappa shape index (κ1) is 30.0. The molecule has 43 heavy (non-hydrogen) atoms. The molecule has 3 heterocycles. The highest BCUT2D eigenvalue weighted by atomic mass is 79.9. The van der Waals surface area contributed by atoms with E-state index in [1.165, 1.54) is 5.56 Å². The van der Waals surface area contributed by atoms with Crippen LogP contribution in [0.15, 0.2) is 46.9 Å².